The summed E-state index contributed by atoms with van der Waals surface area (Å²) in [6.45, 7) is 3.37. The van der Waals surface area contributed by atoms with E-state index in [1.807, 2.05) is 0 Å². The van der Waals surface area contributed by atoms with E-state index < -0.39 is 0 Å². The second-order valence-electron chi connectivity index (χ2n) is 5.14. The van der Waals surface area contributed by atoms with E-state index >= 15 is 0 Å². The van der Waals surface area contributed by atoms with Crippen LogP contribution in [0, 0.1) is 0 Å². The fourth-order valence-electron chi connectivity index (χ4n) is 2.29. The first-order valence-corrected chi connectivity index (χ1v) is 7.40. The maximum Gasteiger partial charge on any atom is 0.169 e. The Bertz CT molecular complexity index is 459. The van der Waals surface area contributed by atoms with Gasteiger partial charge in [0.25, 0.3) is 0 Å². The molecule has 0 spiro atoms. The lowest BCUT2D eigenvalue weighted by Crippen LogP contribution is -2.32. The molecule has 2 rings (SSSR count). The number of rotatable bonds is 7. The molecular formula is C18H24N+. The van der Waals surface area contributed by atoms with Gasteiger partial charge in [-0.05, 0) is 30.4 Å². The molecule has 0 saturated heterocycles. The third-order valence-electron chi connectivity index (χ3n) is 3.50. The molecule has 2 aromatic rings. The van der Waals surface area contributed by atoms with Crippen molar-refractivity contribution in [2.45, 2.75) is 45.6 Å². The van der Waals surface area contributed by atoms with Crippen LogP contribution in [0.15, 0.2) is 54.9 Å². The Labute approximate surface area is 116 Å². The van der Waals surface area contributed by atoms with E-state index in [0.29, 0.717) is 0 Å². The van der Waals surface area contributed by atoms with Crippen molar-refractivity contribution in [3.63, 3.8) is 0 Å². The molecule has 19 heavy (non-hydrogen) atoms. The van der Waals surface area contributed by atoms with Crippen LogP contribution in [0.3, 0.4) is 0 Å². The molecule has 0 atom stereocenters. The quantitative estimate of drug-likeness (QED) is 0.659. The molecule has 0 saturated carbocycles. The number of unbranched alkanes of at least 4 members (excludes halogenated alkanes) is 1. The fraction of sp³-hybridized carbons (Fsp3) is 0.389. The van der Waals surface area contributed by atoms with Gasteiger partial charge in [-0.2, -0.15) is 0 Å². The van der Waals surface area contributed by atoms with Gasteiger partial charge in [-0.3, -0.25) is 0 Å². The highest BCUT2D eigenvalue weighted by atomic mass is 14.9. The predicted octanol–water partition coefficient (Wildman–Crippen LogP) is 3.95. The Morgan fingerprint density at radius 1 is 0.789 bits per heavy atom. The van der Waals surface area contributed by atoms with Crippen LogP contribution in [0.2, 0.25) is 0 Å². The van der Waals surface area contributed by atoms with Crippen LogP contribution in [0.4, 0.5) is 0 Å². The smallest absolute Gasteiger partial charge is 0.169 e. The van der Waals surface area contributed by atoms with Crippen LogP contribution in [-0.4, -0.2) is 0 Å². The summed E-state index contributed by atoms with van der Waals surface area (Å²) in [6.07, 6.45) is 10.5. The summed E-state index contributed by atoms with van der Waals surface area (Å²) in [4.78, 5) is 0. The summed E-state index contributed by atoms with van der Waals surface area (Å²) in [5.74, 6) is 0. The molecule has 0 radical (unpaired) electrons. The van der Waals surface area contributed by atoms with Crippen molar-refractivity contribution >= 4 is 0 Å². The van der Waals surface area contributed by atoms with E-state index in [9.17, 15) is 0 Å². The standard InChI is InChI=1S/C18H24N/c1-2-3-14-19-15-12-18(13-16-19)11-7-10-17-8-5-4-6-9-17/h4-6,8-9,12-13,15-16H,2-3,7,10-11,14H2,1H3/q+1. The van der Waals surface area contributed by atoms with Gasteiger partial charge in [0.2, 0.25) is 0 Å². The van der Waals surface area contributed by atoms with E-state index in [2.05, 4.69) is 66.3 Å². The summed E-state index contributed by atoms with van der Waals surface area (Å²) in [7, 11) is 0. The van der Waals surface area contributed by atoms with Crippen molar-refractivity contribution in [2.24, 2.45) is 0 Å². The van der Waals surface area contributed by atoms with Gasteiger partial charge in [-0.15, -0.1) is 0 Å². The van der Waals surface area contributed by atoms with Crippen LogP contribution < -0.4 is 4.57 Å². The molecule has 1 heteroatoms. The zero-order chi connectivity index (χ0) is 13.3. The van der Waals surface area contributed by atoms with Gasteiger partial charge in [0.05, 0.1) is 0 Å². The molecule has 0 bridgehead atoms. The molecule has 0 N–H and O–H groups in total. The molecule has 100 valence electrons. The van der Waals surface area contributed by atoms with Gasteiger partial charge in [0, 0.05) is 18.6 Å². The molecule has 1 heterocycles. The summed E-state index contributed by atoms with van der Waals surface area (Å²) < 4.78 is 2.28. The summed E-state index contributed by atoms with van der Waals surface area (Å²) in [5.41, 5.74) is 2.89. The zero-order valence-electron chi connectivity index (χ0n) is 11.9. The number of aromatic nitrogens is 1. The highest BCUT2D eigenvalue weighted by molar-refractivity contribution is 5.15. The fourth-order valence-corrected chi connectivity index (χ4v) is 2.29. The summed E-state index contributed by atoms with van der Waals surface area (Å²) in [6, 6.07) is 15.3. The minimum atomic E-state index is 1.14. The van der Waals surface area contributed by atoms with Gasteiger partial charge < -0.3 is 0 Å². The number of pyridine rings is 1. The number of nitrogens with zero attached hydrogens (tertiary/aromatic N) is 1. The highest BCUT2D eigenvalue weighted by Gasteiger charge is 2.00. The Morgan fingerprint density at radius 2 is 1.42 bits per heavy atom. The van der Waals surface area contributed by atoms with E-state index in [-0.39, 0.29) is 0 Å². The van der Waals surface area contributed by atoms with E-state index in [0.717, 1.165) is 6.54 Å². The lowest BCUT2D eigenvalue weighted by Gasteiger charge is -2.02. The van der Waals surface area contributed by atoms with Crippen LogP contribution in [0.1, 0.15) is 37.3 Å². The van der Waals surface area contributed by atoms with Crippen molar-refractivity contribution in [3.8, 4) is 0 Å². The molecular weight excluding hydrogens is 230 g/mol. The number of benzene rings is 1. The lowest BCUT2D eigenvalue weighted by molar-refractivity contribution is -0.697. The van der Waals surface area contributed by atoms with Crippen molar-refractivity contribution in [1.82, 2.24) is 0 Å². The highest BCUT2D eigenvalue weighted by Crippen LogP contribution is 2.07. The Kier molecular flexibility index (Phi) is 5.61. The van der Waals surface area contributed by atoms with E-state index in [1.54, 1.807) is 0 Å². The first-order chi connectivity index (χ1) is 9.38. The number of hydrogen-bond donors (Lipinski definition) is 0. The van der Waals surface area contributed by atoms with Crippen molar-refractivity contribution in [3.05, 3.63) is 66.0 Å². The summed E-state index contributed by atoms with van der Waals surface area (Å²) >= 11 is 0. The minimum Gasteiger partial charge on any atom is -0.205 e. The normalized spacial score (nSPS) is 10.6. The lowest BCUT2D eigenvalue weighted by atomic mass is 10.1. The van der Waals surface area contributed by atoms with Crippen LogP contribution in [0.25, 0.3) is 0 Å². The molecule has 0 unspecified atom stereocenters. The van der Waals surface area contributed by atoms with Gasteiger partial charge in [0.1, 0.15) is 6.54 Å². The first-order valence-electron chi connectivity index (χ1n) is 7.40. The van der Waals surface area contributed by atoms with Gasteiger partial charge >= 0.3 is 0 Å². The second-order valence-corrected chi connectivity index (χ2v) is 5.14. The van der Waals surface area contributed by atoms with Crippen molar-refractivity contribution in [2.75, 3.05) is 0 Å². The largest absolute Gasteiger partial charge is 0.205 e. The van der Waals surface area contributed by atoms with Gasteiger partial charge in [0.15, 0.2) is 12.4 Å². The van der Waals surface area contributed by atoms with E-state index in [4.69, 9.17) is 0 Å². The maximum atomic E-state index is 2.28. The maximum absolute atomic E-state index is 2.28. The Morgan fingerprint density at radius 3 is 2.05 bits per heavy atom. The molecule has 0 aliphatic heterocycles. The summed E-state index contributed by atoms with van der Waals surface area (Å²) in [5, 5.41) is 0. The molecule has 0 amide bonds. The van der Waals surface area contributed by atoms with Crippen molar-refractivity contribution < 1.29 is 4.57 Å². The second kappa shape index (κ2) is 7.73. The van der Waals surface area contributed by atoms with E-state index in [1.165, 1.54) is 43.2 Å². The average Bonchev–Trinajstić information content (AvgIpc) is 2.47. The zero-order valence-corrected chi connectivity index (χ0v) is 11.9. The topological polar surface area (TPSA) is 3.88 Å². The van der Waals surface area contributed by atoms with Gasteiger partial charge in [-0.1, -0.05) is 43.7 Å². The number of hydrogen-bond acceptors (Lipinski definition) is 0. The molecule has 0 aliphatic carbocycles. The first kappa shape index (κ1) is 13.8. The average molecular weight is 254 g/mol. The van der Waals surface area contributed by atoms with Crippen molar-refractivity contribution in [1.29, 1.82) is 0 Å². The molecule has 1 aromatic carbocycles. The van der Waals surface area contributed by atoms with Gasteiger partial charge in [-0.25, -0.2) is 4.57 Å². The molecule has 0 aliphatic rings. The SMILES string of the molecule is CCCC[n+]1ccc(CCCc2ccccc2)cc1. The number of aryl methyl sites for hydroxylation is 3. The Hall–Kier alpha value is -1.63. The van der Waals surface area contributed by atoms with Crippen LogP contribution in [-0.2, 0) is 19.4 Å². The third-order valence-corrected chi connectivity index (χ3v) is 3.50. The molecule has 1 aromatic heterocycles. The van der Waals surface area contributed by atoms with Crippen LogP contribution in [0.5, 0.6) is 0 Å². The Balaban J connectivity index is 1.77. The molecule has 0 fully saturated rings. The molecule has 1 nitrogen and oxygen atoms in total. The van der Waals surface area contributed by atoms with Crippen LogP contribution >= 0.6 is 0 Å². The minimum absolute atomic E-state index is 1.14. The predicted molar refractivity (Wildman–Crippen MR) is 80.0 cm³/mol. The third kappa shape index (κ3) is 4.86. The monoisotopic (exact) mass is 254 g/mol.